The zero-order valence-electron chi connectivity index (χ0n) is 38.1. The number of aromatic hydroxyl groups is 1. The van der Waals surface area contributed by atoms with E-state index in [0.29, 0.717) is 51.5 Å². The van der Waals surface area contributed by atoms with Crippen LogP contribution in [0, 0.1) is 27.7 Å². The van der Waals surface area contributed by atoms with Crippen LogP contribution in [-0.4, -0.2) is 54.0 Å². The van der Waals surface area contributed by atoms with E-state index in [1.54, 1.807) is 68.6 Å². The Hall–Kier alpha value is -4.09. The number of aryl methyl sites for hydroxylation is 4. The number of hydrogen-bond donors (Lipinski definition) is 1. The van der Waals surface area contributed by atoms with Gasteiger partial charge in [-0.1, -0.05) is 84.4 Å². The molecule has 0 bridgehead atoms. The second kappa shape index (κ2) is 23.9. The maximum absolute atomic E-state index is 13.3. The van der Waals surface area contributed by atoms with Gasteiger partial charge < -0.3 is 27.5 Å². The van der Waals surface area contributed by atoms with Crippen LogP contribution in [0.1, 0.15) is 47.2 Å². The van der Waals surface area contributed by atoms with Crippen LogP contribution in [0.25, 0.3) is 45.2 Å². The lowest BCUT2D eigenvalue weighted by atomic mass is 9.95. The van der Waals surface area contributed by atoms with Crippen LogP contribution in [0.4, 0.5) is 26.3 Å². The van der Waals surface area contributed by atoms with Gasteiger partial charge in [-0.25, -0.2) is 9.59 Å². The van der Waals surface area contributed by atoms with Gasteiger partial charge in [-0.3, -0.25) is 9.97 Å². The summed E-state index contributed by atoms with van der Waals surface area (Å²) in [5, 5.41) is 11.4. The molecule has 0 aliphatic carbocycles. The van der Waals surface area contributed by atoms with Gasteiger partial charge in [0.25, 0.3) is 0 Å². The van der Waals surface area contributed by atoms with E-state index in [-0.39, 0.29) is 39.2 Å². The summed E-state index contributed by atoms with van der Waals surface area (Å²) in [7, 11) is 0. The van der Waals surface area contributed by atoms with E-state index in [9.17, 15) is 41.0 Å². The molecule has 69 heavy (non-hydrogen) atoms. The predicted molar refractivity (Wildman–Crippen MR) is 268 cm³/mol. The second-order valence-corrected chi connectivity index (χ2v) is 26.4. The van der Waals surface area contributed by atoms with Gasteiger partial charge in [-0.2, -0.15) is 26.3 Å². The van der Waals surface area contributed by atoms with Crippen LogP contribution in [0.2, 0.25) is 10.0 Å². The summed E-state index contributed by atoms with van der Waals surface area (Å²) >= 11 is 27.9. The maximum atomic E-state index is 13.3. The van der Waals surface area contributed by atoms with Crippen molar-refractivity contribution in [3.63, 3.8) is 0 Å². The van der Waals surface area contributed by atoms with Crippen molar-refractivity contribution in [3.05, 3.63) is 137 Å². The minimum absolute atomic E-state index is 0.0225. The van der Waals surface area contributed by atoms with E-state index in [0.717, 1.165) is 22.3 Å². The minimum atomic E-state index is -4.59. The van der Waals surface area contributed by atoms with E-state index in [1.165, 1.54) is 19.5 Å². The molecule has 0 saturated carbocycles. The molecule has 6 aromatic rings. The fraction of sp³-hybridized carbons (Fsp3) is 0.304. The normalized spacial score (nSPS) is 13.3. The van der Waals surface area contributed by atoms with Crippen molar-refractivity contribution in [1.82, 2.24) is 9.97 Å². The van der Waals surface area contributed by atoms with Crippen molar-refractivity contribution in [2.45, 2.75) is 66.7 Å². The molecule has 0 saturated heterocycles. The summed E-state index contributed by atoms with van der Waals surface area (Å²) in [4.78, 5) is 34.4. The van der Waals surface area contributed by atoms with Crippen molar-refractivity contribution in [1.29, 1.82) is 0 Å². The highest BCUT2D eigenvalue weighted by molar-refractivity contribution is 8.24. The smallest absolute Gasteiger partial charge is 0.412 e. The van der Waals surface area contributed by atoms with Crippen LogP contribution < -0.4 is 15.8 Å². The predicted octanol–water partition coefficient (Wildman–Crippen LogP) is 14.7. The first-order chi connectivity index (χ1) is 32.0. The Balaban J connectivity index is 0.000000258. The molecule has 0 radical (unpaired) electrons. The van der Waals surface area contributed by atoms with Crippen molar-refractivity contribution in [3.8, 4) is 56.7 Å². The Bertz CT molecular complexity index is 3010. The molecule has 1 N–H and O–H groups in total. The molecular formula is C46H45Cl3F6N2O8P2S2. The third kappa shape index (κ3) is 16.2. The van der Waals surface area contributed by atoms with Gasteiger partial charge in [0.2, 0.25) is 6.49 Å². The Morgan fingerprint density at radius 3 is 1.48 bits per heavy atom. The summed E-state index contributed by atoms with van der Waals surface area (Å²) in [6.45, 7) is 7.08. The molecule has 2 unspecified atom stereocenters. The first-order valence-electron chi connectivity index (χ1n) is 20.4. The van der Waals surface area contributed by atoms with E-state index in [4.69, 9.17) is 64.1 Å². The third-order valence-electron chi connectivity index (χ3n) is 9.51. The Labute approximate surface area is 419 Å². The molecule has 0 aliphatic heterocycles. The van der Waals surface area contributed by atoms with Crippen LogP contribution >= 0.6 is 46.6 Å². The summed E-state index contributed by atoms with van der Waals surface area (Å²) in [5.74, 6) is 0.201. The fourth-order valence-electron chi connectivity index (χ4n) is 6.57. The zero-order valence-corrected chi connectivity index (χ0v) is 43.8. The Kier molecular flexibility index (Phi) is 19.9. The number of alkyl halides is 6. The molecule has 4 aromatic heterocycles. The third-order valence-corrected chi connectivity index (χ3v) is 13.0. The van der Waals surface area contributed by atoms with Gasteiger partial charge in [-0.15, -0.1) is 0 Å². The summed E-state index contributed by atoms with van der Waals surface area (Å²) in [6, 6.07) is 17.6. The number of aromatic nitrogens is 2. The maximum Gasteiger partial charge on any atom is 0.412 e. The Morgan fingerprint density at radius 1 is 0.667 bits per heavy atom. The first-order valence-corrected chi connectivity index (χ1v) is 28.3. The molecule has 372 valence electrons. The van der Waals surface area contributed by atoms with E-state index < -0.39 is 48.9 Å². The van der Waals surface area contributed by atoms with Gasteiger partial charge in [0.1, 0.15) is 46.2 Å². The zero-order chi connectivity index (χ0) is 51.8. The van der Waals surface area contributed by atoms with E-state index >= 15 is 0 Å². The second-order valence-electron chi connectivity index (χ2n) is 15.2. The molecule has 4 heterocycles. The molecule has 6 rings (SSSR count). The van der Waals surface area contributed by atoms with E-state index in [1.807, 2.05) is 39.8 Å². The molecule has 0 fully saturated rings. The monoisotopic (exact) mass is 1100 g/mol. The minimum Gasteiger partial charge on any atom is -0.507 e. The highest BCUT2D eigenvalue weighted by Gasteiger charge is 2.34. The van der Waals surface area contributed by atoms with Gasteiger partial charge in [0, 0.05) is 58.0 Å². The average molecular weight is 1100 g/mol. The van der Waals surface area contributed by atoms with Crippen molar-refractivity contribution in [2.24, 2.45) is 0 Å². The van der Waals surface area contributed by atoms with Crippen LogP contribution in [0.3, 0.4) is 0 Å². The largest absolute Gasteiger partial charge is 0.507 e. The highest BCUT2D eigenvalue weighted by Crippen LogP contribution is 2.52. The average Bonchev–Trinajstić information content (AvgIpc) is 3.26. The van der Waals surface area contributed by atoms with Crippen molar-refractivity contribution in [2.75, 3.05) is 26.5 Å². The lowest BCUT2D eigenvalue weighted by molar-refractivity contribution is -0.153. The topological polar surface area (TPSA) is 134 Å². The van der Waals surface area contributed by atoms with Gasteiger partial charge in [0.05, 0.1) is 0 Å². The molecular weight excluding hydrogens is 1050 g/mol. The van der Waals surface area contributed by atoms with E-state index in [2.05, 4.69) is 26.3 Å². The molecule has 0 aliphatic rings. The number of nitrogens with zero attached hydrogens (tertiary/aromatic N) is 2. The number of benzene rings is 2. The van der Waals surface area contributed by atoms with Gasteiger partial charge in [-0.05, 0) is 111 Å². The van der Waals surface area contributed by atoms with Gasteiger partial charge >= 0.3 is 23.6 Å². The number of hydrogen-bond acceptors (Lipinski definition) is 12. The molecule has 0 amide bonds. The molecule has 23 heteroatoms. The lowest BCUT2D eigenvalue weighted by Crippen LogP contribution is -2.17. The SMILES string of the molecule is CCc1cc(C)cc(Cl)c1-c1c(O)c(C)c(-c2ccccn2)oc1=O.CCc1cc(C)cc(Cl)c1-c1c(OP(C)(=S)OCC(F)(F)F)c(C)c(-c2ccccn2)oc1=O.CP(=S)(Cl)OCC(F)(F)F. The molecule has 2 atom stereocenters. The Morgan fingerprint density at radius 2 is 1.09 bits per heavy atom. The lowest BCUT2D eigenvalue weighted by Gasteiger charge is -2.24. The number of rotatable bonds is 12. The van der Waals surface area contributed by atoms with Crippen LogP contribution in [0.15, 0.2) is 91.5 Å². The molecule has 10 nitrogen and oxygen atoms in total. The van der Waals surface area contributed by atoms with Gasteiger partial charge in [0.15, 0.2) is 18.1 Å². The number of halogens is 9. The standard InChI is InChI=1S/C23H22ClF3NO4PS.C20H18ClNO3.C3H5ClF3OPS/c1-5-15-10-13(2)11-16(24)18(15)19-21(32-33(4,34)30-12-23(25,26)27)14(3)20(31-22(19)29)17-8-6-7-9-28-17;1-4-13-9-11(2)10-14(21)16(13)17-18(23)12(3)19(25-20(17)24)15-7-5-6-8-22-15;1-9(4,10)8-2-3(5,6)7/h6-11H,5,12H2,1-4H3;5-10,23H,4H2,1-3H3;2H2,1H3. The van der Waals surface area contributed by atoms with Crippen LogP contribution in [0.5, 0.6) is 11.5 Å². The molecule has 0 spiro atoms. The molecule has 2 aromatic carbocycles. The summed E-state index contributed by atoms with van der Waals surface area (Å²) < 4.78 is 98.6. The fourth-order valence-corrected chi connectivity index (χ4v) is 9.40. The van der Waals surface area contributed by atoms with Crippen LogP contribution in [-0.2, 0) is 45.5 Å². The number of pyridine rings is 2. The first kappa shape index (κ1) is 57.5. The van der Waals surface area contributed by atoms with Crippen molar-refractivity contribution >= 4 is 70.2 Å². The summed E-state index contributed by atoms with van der Waals surface area (Å²) in [5.41, 5.74) is 2.01. The summed E-state index contributed by atoms with van der Waals surface area (Å²) in [6.07, 6.45) is -4.60. The highest BCUT2D eigenvalue weighted by atomic mass is 35.7. The van der Waals surface area contributed by atoms with Crippen molar-refractivity contribution < 1.29 is 53.9 Å². The quantitative estimate of drug-likeness (QED) is 0.0923.